The fraction of sp³-hybridized carbons (Fsp3) is 0.300. The molecule has 6 heterocycles. The van der Waals surface area contributed by atoms with E-state index in [0.29, 0.717) is 11.1 Å². The predicted octanol–water partition coefficient (Wildman–Crippen LogP) is 3.33. The Kier molecular flexibility index (Phi) is 6.48. The molecule has 4 amide bonds. The van der Waals surface area contributed by atoms with E-state index in [-0.39, 0.29) is 49.3 Å². The summed E-state index contributed by atoms with van der Waals surface area (Å²) in [5.74, 6) is -2.25. The first-order valence-electron chi connectivity index (χ1n) is 17.7. The molecule has 0 saturated carbocycles. The average Bonchev–Trinajstić information content (AvgIpc) is 3.86. The van der Waals surface area contributed by atoms with Crippen molar-refractivity contribution in [2.75, 3.05) is 10.6 Å². The van der Waals surface area contributed by atoms with Gasteiger partial charge in [-0.1, -0.05) is 72.8 Å². The predicted molar refractivity (Wildman–Crippen MR) is 186 cm³/mol. The molecule has 52 heavy (non-hydrogen) atoms. The Morgan fingerprint density at radius 3 is 1.35 bits per heavy atom. The van der Waals surface area contributed by atoms with Crippen molar-refractivity contribution in [3.8, 4) is 0 Å². The van der Waals surface area contributed by atoms with Crippen LogP contribution >= 0.6 is 0 Å². The Morgan fingerprint density at radius 2 is 0.923 bits per heavy atom. The lowest BCUT2D eigenvalue weighted by Gasteiger charge is -2.48. The Morgan fingerprint density at radius 1 is 0.538 bits per heavy atom. The molecule has 4 aromatic rings. The fourth-order valence-electron chi connectivity index (χ4n) is 10.5. The van der Waals surface area contributed by atoms with Crippen LogP contribution in [0.2, 0.25) is 0 Å². The van der Waals surface area contributed by atoms with Gasteiger partial charge in [-0.15, -0.1) is 0 Å². The summed E-state index contributed by atoms with van der Waals surface area (Å²) in [4.78, 5) is 60.8. The van der Waals surface area contributed by atoms with E-state index in [1.165, 1.54) is 12.1 Å². The van der Waals surface area contributed by atoms with Crippen molar-refractivity contribution in [3.63, 3.8) is 0 Å². The van der Waals surface area contributed by atoms with Crippen molar-refractivity contribution < 1.29 is 28.0 Å². The second-order valence-electron chi connectivity index (χ2n) is 14.8. The van der Waals surface area contributed by atoms with Crippen LogP contribution in [0, 0.1) is 11.6 Å². The van der Waals surface area contributed by atoms with Gasteiger partial charge in [0.15, 0.2) is 0 Å². The molecule has 8 atom stereocenters. The van der Waals surface area contributed by atoms with E-state index < -0.39 is 59.0 Å². The van der Waals surface area contributed by atoms with Crippen LogP contribution in [0.4, 0.5) is 20.2 Å². The van der Waals surface area contributed by atoms with Gasteiger partial charge in [0.05, 0.1) is 10.8 Å². The molecular weight excluding hydrogens is 666 g/mol. The van der Waals surface area contributed by atoms with E-state index in [9.17, 15) is 28.0 Å². The van der Waals surface area contributed by atoms with Crippen LogP contribution in [0.1, 0.15) is 35.1 Å². The molecule has 4 saturated heterocycles. The largest absolute Gasteiger partial charge is 0.364 e. The maximum atomic E-state index is 14.8. The van der Waals surface area contributed by atoms with Gasteiger partial charge in [-0.3, -0.25) is 19.2 Å². The molecule has 4 fully saturated rings. The minimum atomic E-state index is -1.00. The highest BCUT2D eigenvalue weighted by atomic mass is 19.1. The Labute approximate surface area is 297 Å². The average molecular weight is 701 g/mol. The van der Waals surface area contributed by atoms with Crippen molar-refractivity contribution in [2.45, 2.75) is 73.0 Å². The molecule has 0 spiro atoms. The number of hydrogen-bond donors (Lipinski definition) is 4. The third-order valence-electron chi connectivity index (χ3n) is 12.5. The summed E-state index contributed by atoms with van der Waals surface area (Å²) in [6.45, 7) is 0. The molecule has 0 aromatic heterocycles. The Bertz CT molecular complexity index is 2080. The van der Waals surface area contributed by atoms with Crippen molar-refractivity contribution in [3.05, 3.63) is 131 Å². The van der Waals surface area contributed by atoms with Crippen LogP contribution in [0.25, 0.3) is 0 Å². The van der Waals surface area contributed by atoms with Crippen LogP contribution in [0.3, 0.4) is 0 Å². The molecular formula is C40H34F2N6O4. The molecule has 6 aliphatic rings. The van der Waals surface area contributed by atoms with Crippen molar-refractivity contribution >= 4 is 35.0 Å². The molecule has 6 aliphatic heterocycles. The molecule has 0 bridgehead atoms. The van der Waals surface area contributed by atoms with Crippen LogP contribution in [0.5, 0.6) is 0 Å². The third-order valence-corrected chi connectivity index (χ3v) is 12.5. The highest BCUT2D eigenvalue weighted by molar-refractivity contribution is 6.01. The lowest BCUT2D eigenvalue weighted by molar-refractivity contribution is -0.149. The van der Waals surface area contributed by atoms with Crippen molar-refractivity contribution in [2.24, 2.45) is 0 Å². The summed E-state index contributed by atoms with van der Waals surface area (Å²) in [7, 11) is 0. The highest BCUT2D eigenvalue weighted by Gasteiger charge is 2.78. The van der Waals surface area contributed by atoms with E-state index in [2.05, 4.69) is 21.3 Å². The summed E-state index contributed by atoms with van der Waals surface area (Å²) in [5.41, 5.74) is 2.01. The Balaban J connectivity index is 1.12. The first-order valence-corrected chi connectivity index (χ1v) is 17.7. The van der Waals surface area contributed by atoms with Crippen LogP contribution in [-0.2, 0) is 42.8 Å². The standard InChI is InChI=1S/C40H34F2N6O4/c41-25-13-5-1-9-21(25)17-29-35(51)47-31(33(49)43-29)19-39(23-11-3-7-15-27(23)45-37(39)47)40-20-32-34(50)44-30(18-22-10-2-6-14-26(22)42)36(52)48(32)38(40)46-28-16-8-4-12-24(28)40/h1-16,29-32,37-38,45-46H,17-20H2,(H,43,49)(H,44,50)/t29-,30-,31-,32-,37+,38+,39-,40-/m0/s1. The van der Waals surface area contributed by atoms with Gasteiger partial charge in [0.1, 0.15) is 48.1 Å². The number of hydrogen-bond acceptors (Lipinski definition) is 6. The van der Waals surface area contributed by atoms with Gasteiger partial charge in [0, 0.05) is 24.2 Å². The molecule has 4 aromatic carbocycles. The Hall–Kier alpha value is -5.78. The second-order valence-corrected chi connectivity index (χ2v) is 14.8. The van der Waals surface area contributed by atoms with Gasteiger partial charge in [0.25, 0.3) is 0 Å². The summed E-state index contributed by atoms with van der Waals surface area (Å²) >= 11 is 0. The topological polar surface area (TPSA) is 123 Å². The number of carbonyl (C=O) groups is 4. The summed E-state index contributed by atoms with van der Waals surface area (Å²) in [6, 6.07) is 24.3. The molecule has 0 unspecified atom stereocenters. The zero-order valence-electron chi connectivity index (χ0n) is 27.8. The molecule has 10 rings (SSSR count). The lowest BCUT2D eigenvalue weighted by atomic mass is 9.54. The van der Waals surface area contributed by atoms with Crippen molar-refractivity contribution in [1.29, 1.82) is 0 Å². The highest BCUT2D eigenvalue weighted by Crippen LogP contribution is 2.68. The third kappa shape index (κ3) is 3.92. The van der Waals surface area contributed by atoms with Crippen LogP contribution in [-0.4, -0.2) is 69.9 Å². The number of nitrogens with zero attached hydrogens (tertiary/aromatic N) is 2. The SMILES string of the molecule is O=C1N[C@@H](Cc2ccccc2F)C(=O)N2[C@H]3Nc4ccccc4[C@@]3([C@]34C[C@H]5C(=O)N[C@@H](Cc6ccccc6F)C(=O)N5[C@H]3Nc3ccccc34)C[C@@H]12. The smallest absolute Gasteiger partial charge is 0.247 e. The molecule has 0 aliphatic carbocycles. The number of rotatable bonds is 5. The van der Waals surface area contributed by atoms with E-state index in [4.69, 9.17) is 0 Å². The van der Waals surface area contributed by atoms with Gasteiger partial charge >= 0.3 is 0 Å². The van der Waals surface area contributed by atoms with E-state index in [0.717, 1.165) is 22.5 Å². The van der Waals surface area contributed by atoms with E-state index in [1.54, 1.807) is 46.2 Å². The number of piperazine rings is 2. The number of benzene rings is 4. The number of amides is 4. The van der Waals surface area contributed by atoms with Gasteiger partial charge in [-0.2, -0.15) is 0 Å². The van der Waals surface area contributed by atoms with E-state index in [1.807, 2.05) is 48.5 Å². The summed E-state index contributed by atoms with van der Waals surface area (Å²) in [5, 5.41) is 13.1. The quantitative estimate of drug-likeness (QED) is 0.254. The number of halogens is 2. The maximum Gasteiger partial charge on any atom is 0.247 e. The summed E-state index contributed by atoms with van der Waals surface area (Å²) in [6.07, 6.45) is -1.07. The van der Waals surface area contributed by atoms with E-state index >= 15 is 0 Å². The first kappa shape index (κ1) is 31.0. The van der Waals surface area contributed by atoms with Crippen LogP contribution in [0.15, 0.2) is 97.1 Å². The molecule has 0 radical (unpaired) electrons. The molecule has 10 nitrogen and oxygen atoms in total. The normalized spacial score (nSPS) is 32.1. The molecule has 262 valence electrons. The zero-order chi connectivity index (χ0) is 35.5. The van der Waals surface area contributed by atoms with Crippen molar-refractivity contribution in [1.82, 2.24) is 20.4 Å². The van der Waals surface area contributed by atoms with Gasteiger partial charge < -0.3 is 31.1 Å². The zero-order valence-corrected chi connectivity index (χ0v) is 27.8. The fourth-order valence-corrected chi connectivity index (χ4v) is 10.5. The molecule has 12 heteroatoms. The second kappa shape index (κ2) is 10.9. The number of nitrogens with one attached hydrogen (secondary N) is 4. The summed E-state index contributed by atoms with van der Waals surface area (Å²) < 4.78 is 29.6. The van der Waals surface area contributed by atoms with Gasteiger partial charge in [0.2, 0.25) is 23.6 Å². The minimum Gasteiger partial charge on any atom is -0.364 e. The number of para-hydroxylation sites is 2. The van der Waals surface area contributed by atoms with Crippen LogP contribution < -0.4 is 21.3 Å². The monoisotopic (exact) mass is 700 g/mol. The number of carbonyl (C=O) groups excluding carboxylic acids is 4. The van der Waals surface area contributed by atoms with Gasteiger partial charge in [-0.05, 0) is 59.4 Å². The minimum absolute atomic E-state index is 0.0147. The number of fused-ring (bicyclic) bond motifs is 11. The number of anilines is 2. The molecule has 4 N–H and O–H groups in total. The maximum absolute atomic E-state index is 14.8. The van der Waals surface area contributed by atoms with Gasteiger partial charge in [-0.25, -0.2) is 8.78 Å². The lowest BCUT2D eigenvalue weighted by Crippen LogP contribution is -2.67. The first-order chi connectivity index (χ1) is 25.2.